The Morgan fingerprint density at radius 1 is 1.29 bits per heavy atom. The van der Waals surface area contributed by atoms with Gasteiger partial charge in [-0.2, -0.15) is 13.2 Å². The number of hydrogen-bond donors (Lipinski definition) is 2. The van der Waals surface area contributed by atoms with Crippen LogP contribution < -0.4 is 10.1 Å². The third-order valence-corrected chi connectivity index (χ3v) is 5.52. The lowest BCUT2D eigenvalue weighted by atomic mass is 9.96. The van der Waals surface area contributed by atoms with Gasteiger partial charge in [0.1, 0.15) is 18.1 Å². The van der Waals surface area contributed by atoms with E-state index in [1.165, 1.54) is 12.1 Å². The first kappa shape index (κ1) is 19.0. The average Bonchev–Trinajstić information content (AvgIpc) is 2.84. The van der Waals surface area contributed by atoms with Crippen LogP contribution in [0.3, 0.4) is 0 Å². The summed E-state index contributed by atoms with van der Waals surface area (Å²) in [6.45, 7) is 7.17. The van der Waals surface area contributed by atoms with Gasteiger partial charge in [0.05, 0.1) is 22.9 Å². The van der Waals surface area contributed by atoms with Gasteiger partial charge in [-0.3, -0.25) is 9.88 Å². The number of alkyl halides is 3. The highest BCUT2D eigenvalue weighted by atomic mass is 19.4. The van der Waals surface area contributed by atoms with Gasteiger partial charge in [0, 0.05) is 43.0 Å². The monoisotopic (exact) mass is 393 g/mol. The Kier molecular flexibility index (Phi) is 4.71. The number of ether oxygens (including phenoxy) is 1. The smallest absolute Gasteiger partial charge is 0.417 e. The highest BCUT2D eigenvalue weighted by Gasteiger charge is 2.37. The number of piperazine rings is 1. The molecule has 1 aromatic heterocycles. The van der Waals surface area contributed by atoms with Crippen LogP contribution in [0.5, 0.6) is 11.5 Å². The second-order valence-electron chi connectivity index (χ2n) is 7.32. The van der Waals surface area contributed by atoms with Crippen LogP contribution in [0.15, 0.2) is 18.2 Å². The SMILES string of the molecule is Cc1nc(-c2c(O)cccc2C(F)(F)F)c(C)c2c1CN1CCNC[C@@H]1CO2. The molecule has 1 atom stereocenters. The molecule has 150 valence electrons. The van der Waals surface area contributed by atoms with Crippen molar-refractivity contribution in [3.05, 3.63) is 40.6 Å². The van der Waals surface area contributed by atoms with Crippen LogP contribution in [0, 0.1) is 13.8 Å². The molecule has 0 radical (unpaired) electrons. The molecular formula is C20H22F3N3O2. The van der Waals surface area contributed by atoms with E-state index in [1.807, 2.05) is 0 Å². The minimum atomic E-state index is -4.60. The molecule has 2 N–H and O–H groups in total. The van der Waals surface area contributed by atoms with E-state index in [0.29, 0.717) is 30.2 Å². The molecule has 4 rings (SSSR count). The molecule has 0 bridgehead atoms. The van der Waals surface area contributed by atoms with Crippen LogP contribution in [-0.2, 0) is 12.7 Å². The van der Waals surface area contributed by atoms with Gasteiger partial charge in [0.15, 0.2) is 0 Å². The third-order valence-electron chi connectivity index (χ3n) is 5.52. The first-order valence-corrected chi connectivity index (χ1v) is 9.24. The van der Waals surface area contributed by atoms with Gasteiger partial charge in [-0.15, -0.1) is 0 Å². The number of fused-ring (bicyclic) bond motifs is 2. The average molecular weight is 393 g/mol. The quantitative estimate of drug-likeness (QED) is 0.779. The van der Waals surface area contributed by atoms with E-state index in [0.717, 1.165) is 31.3 Å². The largest absolute Gasteiger partial charge is 0.507 e. The minimum Gasteiger partial charge on any atom is -0.507 e. The fraction of sp³-hybridized carbons (Fsp3) is 0.450. The second kappa shape index (κ2) is 6.93. The van der Waals surface area contributed by atoms with Gasteiger partial charge in [0.2, 0.25) is 0 Å². The Balaban J connectivity index is 1.87. The van der Waals surface area contributed by atoms with Crippen LogP contribution in [0.1, 0.15) is 22.4 Å². The van der Waals surface area contributed by atoms with Crippen LogP contribution in [0.2, 0.25) is 0 Å². The number of pyridine rings is 1. The lowest BCUT2D eigenvalue weighted by Crippen LogP contribution is -2.52. The molecule has 5 nitrogen and oxygen atoms in total. The van der Waals surface area contributed by atoms with Gasteiger partial charge in [-0.25, -0.2) is 0 Å². The molecule has 0 amide bonds. The molecule has 0 unspecified atom stereocenters. The Hall–Kier alpha value is -2.32. The molecular weight excluding hydrogens is 371 g/mol. The second-order valence-corrected chi connectivity index (χ2v) is 7.32. The number of phenols is 1. The Morgan fingerprint density at radius 2 is 2.07 bits per heavy atom. The number of nitrogens with one attached hydrogen (secondary N) is 1. The van der Waals surface area contributed by atoms with Crippen molar-refractivity contribution in [2.24, 2.45) is 0 Å². The van der Waals surface area contributed by atoms with Gasteiger partial charge >= 0.3 is 6.18 Å². The maximum Gasteiger partial charge on any atom is 0.417 e. The number of aryl methyl sites for hydroxylation is 1. The molecule has 0 saturated carbocycles. The van der Waals surface area contributed by atoms with Crippen molar-refractivity contribution in [1.29, 1.82) is 0 Å². The first-order valence-electron chi connectivity index (χ1n) is 9.24. The van der Waals surface area contributed by atoms with Crippen molar-refractivity contribution in [2.75, 3.05) is 26.2 Å². The fourth-order valence-electron chi connectivity index (χ4n) is 4.03. The summed E-state index contributed by atoms with van der Waals surface area (Å²) >= 11 is 0. The third kappa shape index (κ3) is 3.20. The summed E-state index contributed by atoms with van der Waals surface area (Å²) in [7, 11) is 0. The van der Waals surface area contributed by atoms with E-state index in [9.17, 15) is 18.3 Å². The summed E-state index contributed by atoms with van der Waals surface area (Å²) in [5.74, 6) is 0.133. The van der Waals surface area contributed by atoms with Gasteiger partial charge in [-0.05, 0) is 26.0 Å². The number of aromatic nitrogens is 1. The zero-order valence-electron chi connectivity index (χ0n) is 15.7. The summed E-state index contributed by atoms with van der Waals surface area (Å²) in [6.07, 6.45) is -4.60. The number of benzene rings is 1. The zero-order valence-corrected chi connectivity index (χ0v) is 15.7. The van der Waals surface area contributed by atoms with Gasteiger partial charge in [0.25, 0.3) is 0 Å². The molecule has 2 aromatic rings. The molecule has 28 heavy (non-hydrogen) atoms. The summed E-state index contributed by atoms with van der Waals surface area (Å²) in [5.41, 5.74) is 0.934. The number of phenolic OH excluding ortho intramolecular Hbond substituents is 1. The predicted molar refractivity (Wildman–Crippen MR) is 98.4 cm³/mol. The van der Waals surface area contributed by atoms with Crippen LogP contribution >= 0.6 is 0 Å². The highest BCUT2D eigenvalue weighted by Crippen LogP contribution is 2.44. The van der Waals surface area contributed by atoms with Crippen molar-refractivity contribution < 1.29 is 23.0 Å². The minimum absolute atomic E-state index is 0.111. The molecule has 1 fully saturated rings. The molecule has 2 aliphatic heterocycles. The number of hydrogen-bond acceptors (Lipinski definition) is 5. The Labute approximate surface area is 161 Å². The number of rotatable bonds is 1. The first-order chi connectivity index (χ1) is 13.3. The zero-order chi connectivity index (χ0) is 20.1. The summed E-state index contributed by atoms with van der Waals surface area (Å²) < 4.78 is 46.8. The molecule has 8 heteroatoms. The van der Waals surface area contributed by atoms with Crippen LogP contribution in [0.25, 0.3) is 11.3 Å². The normalized spacial score (nSPS) is 20.1. The lowest BCUT2D eigenvalue weighted by molar-refractivity contribution is -0.137. The fourth-order valence-corrected chi connectivity index (χ4v) is 4.03. The maximum absolute atomic E-state index is 13.6. The maximum atomic E-state index is 13.6. The Morgan fingerprint density at radius 3 is 2.82 bits per heavy atom. The molecule has 1 aromatic carbocycles. The van der Waals surface area contributed by atoms with E-state index in [1.54, 1.807) is 13.8 Å². The van der Waals surface area contributed by atoms with Crippen molar-refractivity contribution in [3.8, 4) is 22.8 Å². The number of nitrogens with zero attached hydrogens (tertiary/aromatic N) is 2. The number of halogens is 3. The molecule has 1 saturated heterocycles. The van der Waals surface area contributed by atoms with Gasteiger partial charge < -0.3 is 15.2 Å². The van der Waals surface area contributed by atoms with Crippen molar-refractivity contribution in [3.63, 3.8) is 0 Å². The Bertz CT molecular complexity index is 915. The van der Waals surface area contributed by atoms with E-state index < -0.39 is 17.5 Å². The molecule has 2 aliphatic rings. The summed E-state index contributed by atoms with van der Waals surface area (Å²) in [4.78, 5) is 6.80. The summed E-state index contributed by atoms with van der Waals surface area (Å²) in [6, 6.07) is 3.61. The summed E-state index contributed by atoms with van der Waals surface area (Å²) in [5, 5.41) is 13.6. The molecule has 0 spiro atoms. The van der Waals surface area contributed by atoms with Crippen molar-refractivity contribution in [2.45, 2.75) is 32.6 Å². The van der Waals surface area contributed by atoms with Gasteiger partial charge in [-0.1, -0.05) is 6.07 Å². The van der Waals surface area contributed by atoms with Crippen LogP contribution in [0.4, 0.5) is 13.2 Å². The van der Waals surface area contributed by atoms with Crippen molar-refractivity contribution in [1.82, 2.24) is 15.2 Å². The van der Waals surface area contributed by atoms with Crippen molar-refractivity contribution >= 4 is 0 Å². The van der Waals surface area contributed by atoms with E-state index in [-0.39, 0.29) is 17.3 Å². The number of aromatic hydroxyl groups is 1. The predicted octanol–water partition coefficient (Wildman–Crippen LogP) is 3.26. The topological polar surface area (TPSA) is 57.6 Å². The standard InChI is InChI=1S/C20H22F3N3O2/c1-11-18(17-15(20(21,22)23)4-3-5-16(17)27)25-12(2)14-9-26-7-6-24-8-13(26)10-28-19(11)14/h3-5,13,24,27H,6-10H2,1-2H3/t13-/m1/s1. The molecule has 0 aliphatic carbocycles. The molecule has 3 heterocycles. The van der Waals surface area contributed by atoms with Crippen LogP contribution in [-0.4, -0.2) is 47.3 Å². The van der Waals surface area contributed by atoms with E-state index in [4.69, 9.17) is 4.74 Å². The van der Waals surface area contributed by atoms with E-state index in [2.05, 4.69) is 15.2 Å². The highest BCUT2D eigenvalue weighted by molar-refractivity contribution is 5.76. The van der Waals surface area contributed by atoms with E-state index >= 15 is 0 Å². The lowest BCUT2D eigenvalue weighted by Gasteiger charge is -2.33.